The lowest BCUT2D eigenvalue weighted by molar-refractivity contribution is -0.274. The number of benzene rings is 1. The smallest absolute Gasteiger partial charge is 0.406 e. The number of carbonyl (C=O) groups excluding carboxylic acids is 1. The van der Waals surface area contributed by atoms with Gasteiger partial charge in [-0.05, 0) is 61.5 Å². The first kappa shape index (κ1) is 20.6. The zero-order valence-electron chi connectivity index (χ0n) is 14.2. The maximum absolute atomic E-state index is 12.3. The monoisotopic (exact) mass is 390 g/mol. The molecule has 1 amide bonds. The number of nitrogens with one attached hydrogen (secondary N) is 1. The van der Waals surface area contributed by atoms with Gasteiger partial charge in [-0.15, -0.1) is 25.6 Å². The van der Waals surface area contributed by atoms with Crippen LogP contribution in [0.1, 0.15) is 18.4 Å². The van der Waals surface area contributed by atoms with Crippen LogP contribution in [-0.4, -0.2) is 43.3 Å². The molecule has 2 heterocycles. The number of halogens is 4. The Bertz CT molecular complexity index is 620. The van der Waals surface area contributed by atoms with Crippen LogP contribution < -0.4 is 10.1 Å². The molecule has 2 aliphatic rings. The average molecular weight is 391 g/mol. The van der Waals surface area contributed by atoms with E-state index in [-0.39, 0.29) is 24.1 Å². The number of hydrogen-bond acceptors (Lipinski definition) is 3. The minimum absolute atomic E-state index is 0. The van der Waals surface area contributed by atoms with Crippen molar-refractivity contribution in [2.45, 2.75) is 19.2 Å². The minimum atomic E-state index is -4.70. The highest BCUT2D eigenvalue weighted by molar-refractivity contribution is 5.91. The minimum Gasteiger partial charge on any atom is -0.406 e. The molecule has 0 aliphatic carbocycles. The highest BCUT2D eigenvalue weighted by atomic mass is 35.5. The van der Waals surface area contributed by atoms with E-state index in [1.54, 1.807) is 6.08 Å². The summed E-state index contributed by atoms with van der Waals surface area (Å²) in [5.41, 5.74) is 0.652. The van der Waals surface area contributed by atoms with Gasteiger partial charge in [0.05, 0.1) is 0 Å². The van der Waals surface area contributed by atoms with Crippen molar-refractivity contribution in [3.05, 3.63) is 35.9 Å². The van der Waals surface area contributed by atoms with E-state index in [0.717, 1.165) is 39.0 Å². The van der Waals surface area contributed by atoms with Gasteiger partial charge in [0.25, 0.3) is 0 Å². The van der Waals surface area contributed by atoms with Crippen molar-refractivity contribution in [3.63, 3.8) is 0 Å². The van der Waals surface area contributed by atoms with Crippen LogP contribution >= 0.6 is 12.4 Å². The number of carbonyl (C=O) groups is 1. The number of fused-ring (bicyclic) bond motifs is 1. The zero-order valence-corrected chi connectivity index (χ0v) is 15.0. The van der Waals surface area contributed by atoms with Crippen molar-refractivity contribution in [2.75, 3.05) is 26.2 Å². The van der Waals surface area contributed by atoms with Crippen LogP contribution in [0.25, 0.3) is 6.08 Å². The molecule has 0 spiro atoms. The van der Waals surface area contributed by atoms with Gasteiger partial charge in [0, 0.05) is 19.2 Å². The second kappa shape index (κ2) is 8.77. The van der Waals surface area contributed by atoms with E-state index in [1.165, 1.54) is 30.3 Å². The molecule has 0 aromatic heterocycles. The van der Waals surface area contributed by atoms with Crippen LogP contribution in [0.5, 0.6) is 5.75 Å². The molecule has 1 aromatic rings. The summed E-state index contributed by atoms with van der Waals surface area (Å²) in [5, 5.41) is 3.40. The SMILES string of the molecule is Cl.O=C(C=Cc1ccc(OC(F)(F)F)cc1)N1CC[C@@H]2CNC[C@@H]2CC1. The molecule has 0 bridgehead atoms. The Morgan fingerprint density at radius 1 is 1.12 bits per heavy atom. The summed E-state index contributed by atoms with van der Waals surface area (Å²) in [7, 11) is 0. The van der Waals surface area contributed by atoms with Gasteiger partial charge < -0.3 is 15.0 Å². The molecule has 8 heteroatoms. The fraction of sp³-hybridized carbons (Fsp3) is 0.500. The molecule has 4 nitrogen and oxygen atoms in total. The van der Waals surface area contributed by atoms with Crippen LogP contribution in [-0.2, 0) is 4.79 Å². The topological polar surface area (TPSA) is 41.6 Å². The van der Waals surface area contributed by atoms with E-state index in [2.05, 4.69) is 10.1 Å². The van der Waals surface area contributed by atoms with Crippen LogP contribution in [0.2, 0.25) is 0 Å². The van der Waals surface area contributed by atoms with Gasteiger partial charge in [-0.2, -0.15) is 0 Å². The molecule has 0 unspecified atom stereocenters. The molecule has 2 fully saturated rings. The maximum Gasteiger partial charge on any atom is 0.573 e. The number of hydrogen-bond donors (Lipinski definition) is 1. The largest absolute Gasteiger partial charge is 0.573 e. The predicted octanol–water partition coefficient (Wildman–Crippen LogP) is 3.48. The molecule has 2 atom stereocenters. The van der Waals surface area contributed by atoms with E-state index in [1.807, 2.05) is 4.90 Å². The molecule has 144 valence electrons. The van der Waals surface area contributed by atoms with Gasteiger partial charge in [0.15, 0.2) is 0 Å². The Hall–Kier alpha value is -1.73. The maximum atomic E-state index is 12.3. The standard InChI is InChI=1S/C18H21F3N2O2.ClH/c19-18(20,21)25-16-4-1-13(2-5-16)3-6-17(24)23-9-7-14-11-22-12-15(14)8-10-23;/h1-6,14-15,22H,7-12H2;1H/t14-,15+;. The second-order valence-electron chi connectivity index (χ2n) is 6.53. The summed E-state index contributed by atoms with van der Waals surface area (Å²) in [6.45, 7) is 3.58. The van der Waals surface area contributed by atoms with Gasteiger partial charge in [0.2, 0.25) is 5.91 Å². The van der Waals surface area contributed by atoms with E-state index < -0.39 is 6.36 Å². The first-order valence-electron chi connectivity index (χ1n) is 8.44. The summed E-state index contributed by atoms with van der Waals surface area (Å²) in [4.78, 5) is 14.2. The third-order valence-electron chi connectivity index (χ3n) is 4.86. The first-order valence-corrected chi connectivity index (χ1v) is 8.44. The summed E-state index contributed by atoms with van der Waals surface area (Å²) in [5.74, 6) is 0.984. The number of rotatable bonds is 3. The lowest BCUT2D eigenvalue weighted by Gasteiger charge is -2.19. The quantitative estimate of drug-likeness (QED) is 0.803. The Morgan fingerprint density at radius 3 is 2.23 bits per heavy atom. The van der Waals surface area contributed by atoms with Gasteiger partial charge in [-0.3, -0.25) is 4.79 Å². The number of amides is 1. The molecule has 1 aromatic carbocycles. The predicted molar refractivity (Wildman–Crippen MR) is 95.1 cm³/mol. The zero-order chi connectivity index (χ0) is 17.9. The molecule has 1 N–H and O–H groups in total. The Morgan fingerprint density at radius 2 is 1.69 bits per heavy atom. The van der Waals surface area contributed by atoms with Crippen molar-refractivity contribution < 1.29 is 22.7 Å². The van der Waals surface area contributed by atoms with Crippen LogP contribution in [0.15, 0.2) is 30.3 Å². The third-order valence-corrected chi connectivity index (χ3v) is 4.86. The molecule has 2 aliphatic heterocycles. The van der Waals surface area contributed by atoms with Crippen molar-refractivity contribution in [2.24, 2.45) is 11.8 Å². The summed E-state index contributed by atoms with van der Waals surface area (Å²) in [6.07, 6.45) is 0.432. The van der Waals surface area contributed by atoms with E-state index >= 15 is 0 Å². The molecule has 0 saturated carbocycles. The van der Waals surface area contributed by atoms with E-state index in [0.29, 0.717) is 17.4 Å². The van der Waals surface area contributed by atoms with E-state index in [4.69, 9.17) is 0 Å². The summed E-state index contributed by atoms with van der Waals surface area (Å²) in [6, 6.07) is 5.45. The van der Waals surface area contributed by atoms with Gasteiger partial charge in [0.1, 0.15) is 5.75 Å². The fourth-order valence-electron chi connectivity index (χ4n) is 3.49. The highest BCUT2D eigenvalue weighted by Gasteiger charge is 2.31. The van der Waals surface area contributed by atoms with Gasteiger partial charge >= 0.3 is 6.36 Å². The Labute approximate surface area is 156 Å². The summed E-state index contributed by atoms with van der Waals surface area (Å²) < 4.78 is 40.2. The average Bonchev–Trinajstić information content (AvgIpc) is 2.91. The number of likely N-dealkylation sites (tertiary alicyclic amines) is 1. The Kier molecular flexibility index (Phi) is 6.94. The van der Waals surface area contributed by atoms with Crippen LogP contribution in [0.4, 0.5) is 13.2 Å². The number of ether oxygens (including phenoxy) is 1. The number of nitrogens with zero attached hydrogens (tertiary/aromatic N) is 1. The van der Waals surface area contributed by atoms with Gasteiger partial charge in [-0.25, -0.2) is 0 Å². The van der Waals surface area contributed by atoms with Crippen molar-refractivity contribution >= 4 is 24.4 Å². The fourth-order valence-corrected chi connectivity index (χ4v) is 3.49. The molecule has 3 rings (SSSR count). The first-order chi connectivity index (χ1) is 11.9. The van der Waals surface area contributed by atoms with Crippen molar-refractivity contribution in [3.8, 4) is 5.75 Å². The molecule has 0 radical (unpaired) electrons. The number of alkyl halides is 3. The van der Waals surface area contributed by atoms with Gasteiger partial charge in [-0.1, -0.05) is 12.1 Å². The lowest BCUT2D eigenvalue weighted by atomic mass is 9.92. The molecular formula is C18H22ClF3N2O2. The second-order valence-corrected chi connectivity index (χ2v) is 6.53. The molecule has 2 saturated heterocycles. The Balaban J connectivity index is 0.00000243. The van der Waals surface area contributed by atoms with Crippen molar-refractivity contribution in [1.82, 2.24) is 10.2 Å². The lowest BCUT2D eigenvalue weighted by Crippen LogP contribution is -2.31. The normalized spacial score (nSPS) is 23.3. The highest BCUT2D eigenvalue weighted by Crippen LogP contribution is 2.27. The third kappa shape index (κ3) is 5.64. The molecule has 26 heavy (non-hydrogen) atoms. The van der Waals surface area contributed by atoms with Crippen molar-refractivity contribution in [1.29, 1.82) is 0 Å². The summed E-state index contributed by atoms with van der Waals surface area (Å²) >= 11 is 0. The van der Waals surface area contributed by atoms with Crippen LogP contribution in [0, 0.1) is 11.8 Å². The molecular weight excluding hydrogens is 369 g/mol. The van der Waals surface area contributed by atoms with E-state index in [9.17, 15) is 18.0 Å². The van der Waals surface area contributed by atoms with Crippen LogP contribution in [0.3, 0.4) is 0 Å².